The molecule has 138 valence electrons. The minimum Gasteiger partial charge on any atom is -0.479 e. The molecule has 2 heterocycles. The number of ether oxygens (including phenoxy) is 1. The van der Waals surface area contributed by atoms with Crippen molar-refractivity contribution in [1.82, 2.24) is 4.98 Å². The molecule has 27 heavy (non-hydrogen) atoms. The van der Waals surface area contributed by atoms with Crippen LogP contribution in [0.5, 0.6) is 5.75 Å². The first kappa shape index (κ1) is 17.7. The van der Waals surface area contributed by atoms with Crippen LogP contribution in [0, 0.1) is 0 Å². The van der Waals surface area contributed by atoms with Crippen LogP contribution in [-0.4, -0.2) is 23.0 Å². The maximum absolute atomic E-state index is 12.6. The Balaban J connectivity index is 1.65. The molecular weight excluding hydrogens is 356 g/mol. The number of amides is 1. The largest absolute Gasteiger partial charge is 0.479 e. The highest BCUT2D eigenvalue weighted by atomic mass is 32.1. The fourth-order valence-electron chi connectivity index (χ4n) is 3.35. The summed E-state index contributed by atoms with van der Waals surface area (Å²) in [6, 6.07) is 16.4. The van der Waals surface area contributed by atoms with Gasteiger partial charge in [0, 0.05) is 23.4 Å². The van der Waals surface area contributed by atoms with Gasteiger partial charge in [0.25, 0.3) is 5.91 Å². The van der Waals surface area contributed by atoms with Crippen molar-refractivity contribution in [2.45, 2.75) is 39.3 Å². The van der Waals surface area contributed by atoms with Crippen molar-refractivity contribution < 1.29 is 9.53 Å². The molecule has 4 rings (SSSR count). The topological polar surface area (TPSA) is 42.4 Å². The normalized spacial score (nSPS) is 16.4. The third-order valence-electron chi connectivity index (χ3n) is 4.67. The first-order valence-electron chi connectivity index (χ1n) is 9.15. The van der Waals surface area contributed by atoms with Crippen molar-refractivity contribution in [2.75, 3.05) is 4.90 Å². The van der Waals surface area contributed by atoms with Crippen LogP contribution >= 0.6 is 11.3 Å². The number of thiazole rings is 1. The standard InChI is InChI=1S/C22H22N2O2S/c1-14(2)24-19-12-17(9-10-20(19)26-15(3)22(24)25)18-13-27-21(23-18)11-16-7-5-4-6-8-16/h4-10,12-15H,11H2,1-3H3. The van der Waals surface area contributed by atoms with E-state index in [0.29, 0.717) is 0 Å². The Kier molecular flexibility index (Phi) is 4.70. The number of benzene rings is 2. The van der Waals surface area contributed by atoms with Gasteiger partial charge in [0.2, 0.25) is 0 Å². The molecule has 0 saturated carbocycles. The second-order valence-corrected chi connectivity index (χ2v) is 7.98. The summed E-state index contributed by atoms with van der Waals surface area (Å²) in [5.41, 5.74) is 4.01. The third-order valence-corrected chi connectivity index (χ3v) is 5.52. The molecule has 3 aromatic rings. The van der Waals surface area contributed by atoms with Gasteiger partial charge < -0.3 is 9.64 Å². The Morgan fingerprint density at radius 1 is 1.19 bits per heavy atom. The summed E-state index contributed by atoms with van der Waals surface area (Å²) in [6.07, 6.45) is 0.371. The fourth-order valence-corrected chi connectivity index (χ4v) is 4.19. The smallest absolute Gasteiger partial charge is 0.268 e. The van der Waals surface area contributed by atoms with Crippen LogP contribution in [0.1, 0.15) is 31.3 Å². The lowest BCUT2D eigenvalue weighted by Gasteiger charge is -2.35. The van der Waals surface area contributed by atoms with Crippen molar-refractivity contribution in [2.24, 2.45) is 0 Å². The molecule has 0 fully saturated rings. The van der Waals surface area contributed by atoms with E-state index in [9.17, 15) is 4.79 Å². The molecule has 1 aliphatic heterocycles. The Hall–Kier alpha value is -2.66. The predicted molar refractivity (Wildman–Crippen MR) is 110 cm³/mol. The summed E-state index contributed by atoms with van der Waals surface area (Å²) in [6.45, 7) is 5.84. The van der Waals surface area contributed by atoms with E-state index in [0.717, 1.165) is 34.1 Å². The lowest BCUT2D eigenvalue weighted by molar-refractivity contribution is -0.125. The van der Waals surface area contributed by atoms with Crippen molar-refractivity contribution >= 4 is 22.9 Å². The van der Waals surface area contributed by atoms with Crippen LogP contribution < -0.4 is 9.64 Å². The van der Waals surface area contributed by atoms with Crippen LogP contribution in [-0.2, 0) is 11.2 Å². The van der Waals surface area contributed by atoms with Crippen LogP contribution in [0.4, 0.5) is 5.69 Å². The summed E-state index contributed by atoms with van der Waals surface area (Å²) in [5, 5.41) is 3.16. The zero-order valence-electron chi connectivity index (χ0n) is 15.7. The Morgan fingerprint density at radius 3 is 2.70 bits per heavy atom. The molecule has 2 aromatic carbocycles. The Bertz CT molecular complexity index is 965. The first-order chi connectivity index (χ1) is 13.0. The molecule has 0 radical (unpaired) electrons. The van der Waals surface area contributed by atoms with Crippen molar-refractivity contribution in [3.63, 3.8) is 0 Å². The highest BCUT2D eigenvalue weighted by Gasteiger charge is 2.33. The predicted octanol–water partition coefficient (Wildman–Crippen LogP) is 4.92. The molecule has 0 bridgehead atoms. The van der Waals surface area contributed by atoms with Crippen molar-refractivity contribution in [3.05, 3.63) is 64.5 Å². The van der Waals surface area contributed by atoms with Crippen LogP contribution in [0.2, 0.25) is 0 Å². The average molecular weight is 378 g/mol. The van der Waals surface area contributed by atoms with E-state index in [1.165, 1.54) is 5.56 Å². The summed E-state index contributed by atoms with van der Waals surface area (Å²) in [5.74, 6) is 0.747. The number of aromatic nitrogens is 1. The lowest BCUT2D eigenvalue weighted by atomic mass is 10.1. The van der Waals surface area contributed by atoms with E-state index in [2.05, 4.69) is 17.5 Å². The van der Waals surface area contributed by atoms with E-state index >= 15 is 0 Å². The van der Waals surface area contributed by atoms with E-state index < -0.39 is 6.10 Å². The second-order valence-electron chi connectivity index (χ2n) is 7.03. The minimum absolute atomic E-state index is 0.00213. The summed E-state index contributed by atoms with van der Waals surface area (Å²) in [4.78, 5) is 19.2. The number of hydrogen-bond donors (Lipinski definition) is 0. The molecule has 1 amide bonds. The van der Waals surface area contributed by atoms with Crippen molar-refractivity contribution in [3.8, 4) is 17.0 Å². The van der Waals surface area contributed by atoms with E-state index in [1.807, 2.05) is 55.1 Å². The molecule has 4 nitrogen and oxygen atoms in total. The Labute approximate surface area is 163 Å². The number of anilines is 1. The van der Waals surface area contributed by atoms with Gasteiger partial charge in [0.1, 0.15) is 5.75 Å². The molecule has 1 aliphatic rings. The molecule has 0 N–H and O–H groups in total. The van der Waals surface area contributed by atoms with Crippen LogP contribution in [0.15, 0.2) is 53.9 Å². The minimum atomic E-state index is -0.456. The number of fused-ring (bicyclic) bond motifs is 1. The zero-order valence-corrected chi connectivity index (χ0v) is 16.5. The second kappa shape index (κ2) is 7.16. The van der Waals surface area contributed by atoms with E-state index in [4.69, 9.17) is 9.72 Å². The molecular formula is C22H22N2O2S. The van der Waals surface area contributed by atoms with Gasteiger partial charge in [-0.25, -0.2) is 4.98 Å². The first-order valence-corrected chi connectivity index (χ1v) is 10.0. The molecule has 1 aromatic heterocycles. The number of rotatable bonds is 4. The van der Waals surface area contributed by atoms with Gasteiger partial charge in [0.15, 0.2) is 6.10 Å². The average Bonchev–Trinajstić information content (AvgIpc) is 3.11. The van der Waals surface area contributed by atoms with Gasteiger partial charge >= 0.3 is 0 Å². The van der Waals surface area contributed by atoms with E-state index in [-0.39, 0.29) is 11.9 Å². The van der Waals surface area contributed by atoms with Gasteiger partial charge in [-0.15, -0.1) is 11.3 Å². The maximum atomic E-state index is 12.6. The number of hydrogen-bond acceptors (Lipinski definition) is 4. The molecule has 1 atom stereocenters. The van der Waals surface area contributed by atoms with E-state index in [1.54, 1.807) is 18.3 Å². The van der Waals surface area contributed by atoms with Gasteiger partial charge in [-0.2, -0.15) is 0 Å². The zero-order chi connectivity index (χ0) is 19.0. The van der Waals surface area contributed by atoms with Gasteiger partial charge in [-0.1, -0.05) is 30.3 Å². The lowest BCUT2D eigenvalue weighted by Crippen LogP contribution is -2.47. The molecule has 0 saturated heterocycles. The Morgan fingerprint density at radius 2 is 1.96 bits per heavy atom. The highest BCUT2D eigenvalue weighted by Crippen LogP contribution is 2.38. The maximum Gasteiger partial charge on any atom is 0.268 e. The summed E-state index contributed by atoms with van der Waals surface area (Å²) in [7, 11) is 0. The SMILES string of the molecule is CC1Oc2ccc(-c3csc(Cc4ccccc4)n3)cc2N(C(C)C)C1=O. The molecule has 0 aliphatic carbocycles. The monoisotopic (exact) mass is 378 g/mol. The molecule has 5 heteroatoms. The van der Waals surface area contributed by atoms with Gasteiger partial charge in [-0.05, 0) is 44.5 Å². The number of nitrogens with zero attached hydrogens (tertiary/aromatic N) is 2. The van der Waals surface area contributed by atoms with Crippen LogP contribution in [0.3, 0.4) is 0 Å². The fraction of sp³-hybridized carbons (Fsp3) is 0.273. The third kappa shape index (κ3) is 3.47. The van der Waals surface area contributed by atoms with Gasteiger partial charge in [-0.3, -0.25) is 4.79 Å². The van der Waals surface area contributed by atoms with Gasteiger partial charge in [0.05, 0.1) is 16.4 Å². The summed E-state index contributed by atoms with van der Waals surface area (Å²) < 4.78 is 5.79. The van der Waals surface area contributed by atoms with Crippen LogP contribution in [0.25, 0.3) is 11.3 Å². The number of carbonyl (C=O) groups is 1. The quantitative estimate of drug-likeness (QED) is 0.647. The number of carbonyl (C=O) groups excluding carboxylic acids is 1. The van der Waals surface area contributed by atoms with Crippen molar-refractivity contribution in [1.29, 1.82) is 0 Å². The summed E-state index contributed by atoms with van der Waals surface area (Å²) >= 11 is 1.66. The molecule has 1 unspecified atom stereocenters. The molecule has 0 spiro atoms. The highest BCUT2D eigenvalue weighted by molar-refractivity contribution is 7.10.